The van der Waals surface area contributed by atoms with Crippen molar-refractivity contribution in [1.82, 2.24) is 34.5 Å². The van der Waals surface area contributed by atoms with E-state index in [1.807, 2.05) is 56.0 Å². The molecule has 224 valence electrons. The van der Waals surface area contributed by atoms with E-state index in [2.05, 4.69) is 35.2 Å². The van der Waals surface area contributed by atoms with Gasteiger partial charge in [0.2, 0.25) is 17.8 Å². The topological polar surface area (TPSA) is 151 Å². The van der Waals surface area contributed by atoms with Crippen LogP contribution in [-0.2, 0) is 9.53 Å². The number of ether oxygens (including phenoxy) is 1. The van der Waals surface area contributed by atoms with E-state index in [4.69, 9.17) is 10.5 Å². The molecular weight excluding hydrogens is 538 g/mol. The van der Waals surface area contributed by atoms with Gasteiger partial charge in [-0.1, -0.05) is 6.92 Å². The zero-order valence-electron chi connectivity index (χ0n) is 24.6. The summed E-state index contributed by atoms with van der Waals surface area (Å²) in [4.78, 5) is 45.4. The van der Waals surface area contributed by atoms with E-state index in [-0.39, 0.29) is 30.0 Å². The molecule has 0 bridgehead atoms. The van der Waals surface area contributed by atoms with Gasteiger partial charge < -0.3 is 35.4 Å². The van der Waals surface area contributed by atoms with Crippen molar-refractivity contribution in [2.45, 2.75) is 46.2 Å². The van der Waals surface area contributed by atoms with Crippen LogP contribution in [0.4, 0.5) is 33.9 Å². The first kappa shape index (κ1) is 28.9. The van der Waals surface area contributed by atoms with Gasteiger partial charge in [-0.15, -0.1) is 5.10 Å². The fraction of sp³-hybridized carbons (Fsp3) is 0.500. The third-order valence-electron chi connectivity index (χ3n) is 7.55. The number of aromatic nitrogens is 5. The van der Waals surface area contributed by atoms with Gasteiger partial charge in [0.15, 0.2) is 5.82 Å². The van der Waals surface area contributed by atoms with Crippen LogP contribution in [-0.4, -0.2) is 104 Å². The van der Waals surface area contributed by atoms with Crippen LogP contribution in [0.3, 0.4) is 0 Å². The molecule has 2 saturated heterocycles. The molecule has 3 aromatic rings. The Balaban J connectivity index is 1.21. The zero-order chi connectivity index (χ0) is 29.8. The van der Waals surface area contributed by atoms with Crippen molar-refractivity contribution < 1.29 is 14.3 Å². The average molecular weight is 578 g/mol. The summed E-state index contributed by atoms with van der Waals surface area (Å²) in [6.45, 7) is 12.2. The second kappa shape index (κ2) is 12.5. The highest BCUT2D eigenvalue weighted by Gasteiger charge is 2.32. The Morgan fingerprint density at radius 1 is 1.00 bits per heavy atom. The standard InChI is InChI=1S/C28H39N11O3/c1-5-14-42-28(41)36-12-10-35(11-13-36)23-8-6-22(7-9-23)32-27-33-26(29)39(34-27)25-15-24(30-18-31-25)37-16-19(2)38(21(4)40)20(3)17-37/h6-9,15,18-20H,5,10-14,16-17H2,1-4H3,(H3,29,32,33,34)/t19-,20+. The van der Waals surface area contributed by atoms with E-state index in [0.717, 1.165) is 36.7 Å². The number of carbonyl (C=O) groups is 2. The molecule has 2 atom stereocenters. The quantitative estimate of drug-likeness (QED) is 0.426. The lowest BCUT2D eigenvalue weighted by atomic mass is 10.1. The van der Waals surface area contributed by atoms with E-state index in [0.29, 0.717) is 44.6 Å². The molecule has 5 rings (SSSR count). The molecule has 2 aromatic heterocycles. The number of rotatable bonds is 7. The first-order valence-corrected chi connectivity index (χ1v) is 14.4. The van der Waals surface area contributed by atoms with Crippen LogP contribution in [0, 0.1) is 0 Å². The minimum Gasteiger partial charge on any atom is -0.449 e. The lowest BCUT2D eigenvalue weighted by Crippen LogP contribution is -2.58. The minimum absolute atomic E-state index is 0.0576. The Hall–Kier alpha value is -4.62. The van der Waals surface area contributed by atoms with Gasteiger partial charge in [0.25, 0.3) is 0 Å². The van der Waals surface area contributed by atoms with Crippen LogP contribution in [0.5, 0.6) is 0 Å². The summed E-state index contributed by atoms with van der Waals surface area (Å²) in [7, 11) is 0. The number of nitrogens with two attached hydrogens (primary N) is 1. The molecule has 1 aromatic carbocycles. The lowest BCUT2D eigenvalue weighted by Gasteiger charge is -2.44. The largest absolute Gasteiger partial charge is 0.449 e. The van der Waals surface area contributed by atoms with Gasteiger partial charge in [0.1, 0.15) is 12.1 Å². The second-order valence-corrected chi connectivity index (χ2v) is 10.7. The summed E-state index contributed by atoms with van der Waals surface area (Å²) < 4.78 is 6.73. The molecule has 0 radical (unpaired) electrons. The van der Waals surface area contributed by atoms with E-state index in [9.17, 15) is 9.59 Å². The lowest BCUT2D eigenvalue weighted by molar-refractivity contribution is -0.133. The van der Waals surface area contributed by atoms with Crippen LogP contribution in [0.25, 0.3) is 5.82 Å². The third kappa shape index (κ3) is 6.31. The monoisotopic (exact) mass is 577 g/mol. The Kier molecular flexibility index (Phi) is 8.59. The van der Waals surface area contributed by atoms with E-state index in [1.54, 1.807) is 11.8 Å². The highest BCUT2D eigenvalue weighted by atomic mass is 16.6. The maximum atomic E-state index is 12.1. The smallest absolute Gasteiger partial charge is 0.409 e. The normalized spacial score (nSPS) is 19.1. The molecular formula is C28H39N11O3. The fourth-order valence-electron chi connectivity index (χ4n) is 5.61. The van der Waals surface area contributed by atoms with Gasteiger partial charge in [-0.05, 0) is 44.5 Å². The Morgan fingerprint density at radius 3 is 2.31 bits per heavy atom. The van der Waals surface area contributed by atoms with Gasteiger partial charge in [-0.25, -0.2) is 14.8 Å². The SMILES string of the molecule is CCCOC(=O)N1CCN(c2ccc(Nc3nc(N)n(-c4cc(N5C[C@@H](C)N(C(C)=O)[C@@H](C)C5)ncn4)n3)cc2)CC1. The molecule has 2 amide bonds. The maximum absolute atomic E-state index is 12.1. The summed E-state index contributed by atoms with van der Waals surface area (Å²) in [5.41, 5.74) is 8.10. The molecule has 0 saturated carbocycles. The summed E-state index contributed by atoms with van der Waals surface area (Å²) in [5, 5.41) is 7.74. The fourth-order valence-corrected chi connectivity index (χ4v) is 5.61. The van der Waals surface area contributed by atoms with Crippen LogP contribution >= 0.6 is 0 Å². The number of nitrogens with zero attached hydrogens (tertiary/aromatic N) is 9. The molecule has 0 spiro atoms. The van der Waals surface area contributed by atoms with Crippen molar-refractivity contribution in [3.8, 4) is 5.82 Å². The van der Waals surface area contributed by atoms with Crippen molar-refractivity contribution in [2.24, 2.45) is 0 Å². The van der Waals surface area contributed by atoms with E-state index >= 15 is 0 Å². The predicted molar refractivity (Wildman–Crippen MR) is 160 cm³/mol. The van der Waals surface area contributed by atoms with Crippen molar-refractivity contribution in [3.63, 3.8) is 0 Å². The van der Waals surface area contributed by atoms with E-state index in [1.165, 1.54) is 11.0 Å². The average Bonchev–Trinajstić information content (AvgIpc) is 3.35. The van der Waals surface area contributed by atoms with Crippen LogP contribution in [0.2, 0.25) is 0 Å². The summed E-state index contributed by atoms with van der Waals surface area (Å²) >= 11 is 0. The van der Waals surface area contributed by atoms with Crippen molar-refractivity contribution >= 4 is 41.1 Å². The highest BCUT2D eigenvalue weighted by Crippen LogP contribution is 2.25. The molecule has 0 unspecified atom stereocenters. The minimum atomic E-state index is -0.239. The van der Waals surface area contributed by atoms with Crippen molar-refractivity contribution in [3.05, 3.63) is 36.7 Å². The number of nitrogens with one attached hydrogen (secondary N) is 1. The number of anilines is 5. The number of nitrogen functional groups attached to an aromatic ring is 1. The Labute approximate surface area is 245 Å². The van der Waals surface area contributed by atoms with Crippen LogP contribution in [0.1, 0.15) is 34.1 Å². The molecule has 14 heteroatoms. The van der Waals surface area contributed by atoms with E-state index < -0.39 is 0 Å². The summed E-state index contributed by atoms with van der Waals surface area (Å²) in [6.07, 6.45) is 2.06. The molecule has 42 heavy (non-hydrogen) atoms. The molecule has 14 nitrogen and oxygen atoms in total. The van der Waals surface area contributed by atoms with Gasteiger partial charge in [0.05, 0.1) is 6.61 Å². The van der Waals surface area contributed by atoms with Crippen molar-refractivity contribution in [2.75, 3.05) is 66.7 Å². The number of hydrogen-bond donors (Lipinski definition) is 2. The van der Waals surface area contributed by atoms with Gasteiger partial charge >= 0.3 is 6.09 Å². The first-order chi connectivity index (χ1) is 20.2. The molecule has 2 aliphatic rings. The number of amides is 2. The predicted octanol–water partition coefficient (Wildman–Crippen LogP) is 2.50. The van der Waals surface area contributed by atoms with Crippen molar-refractivity contribution in [1.29, 1.82) is 0 Å². The number of benzene rings is 1. The maximum Gasteiger partial charge on any atom is 0.409 e. The third-order valence-corrected chi connectivity index (χ3v) is 7.55. The van der Waals surface area contributed by atoms with Gasteiger partial charge in [-0.2, -0.15) is 9.67 Å². The number of piperazine rings is 2. The molecule has 2 fully saturated rings. The number of hydrogen-bond acceptors (Lipinski definition) is 11. The number of carbonyl (C=O) groups excluding carboxylic acids is 2. The molecule has 2 aliphatic heterocycles. The van der Waals surface area contributed by atoms with Gasteiger partial charge in [0, 0.05) is 75.7 Å². The van der Waals surface area contributed by atoms with Crippen LogP contribution < -0.4 is 20.9 Å². The second-order valence-electron chi connectivity index (χ2n) is 10.7. The molecule has 0 aliphatic carbocycles. The van der Waals surface area contributed by atoms with Gasteiger partial charge in [-0.3, -0.25) is 4.79 Å². The Bertz CT molecular complexity index is 1380. The molecule has 3 N–H and O–H groups in total. The first-order valence-electron chi connectivity index (χ1n) is 14.4. The Morgan fingerprint density at radius 2 is 1.67 bits per heavy atom. The highest BCUT2D eigenvalue weighted by molar-refractivity contribution is 5.74. The molecule has 4 heterocycles. The summed E-state index contributed by atoms with van der Waals surface area (Å²) in [6, 6.07) is 9.91. The van der Waals surface area contributed by atoms with Crippen LogP contribution in [0.15, 0.2) is 36.7 Å². The summed E-state index contributed by atoms with van der Waals surface area (Å²) in [5.74, 6) is 1.85. The zero-order valence-corrected chi connectivity index (χ0v) is 24.6.